The van der Waals surface area contributed by atoms with Gasteiger partial charge in [0.25, 0.3) is 5.91 Å². The van der Waals surface area contributed by atoms with Crippen LogP contribution in [0, 0.1) is 0 Å². The second kappa shape index (κ2) is 8.89. The fourth-order valence-corrected chi connectivity index (χ4v) is 4.32. The predicted octanol–water partition coefficient (Wildman–Crippen LogP) is 1.62. The summed E-state index contributed by atoms with van der Waals surface area (Å²) in [4.78, 5) is 47.7. The molecule has 29 heavy (non-hydrogen) atoms. The number of carbonyl (C=O) groups is 3. The van der Waals surface area contributed by atoms with E-state index in [2.05, 4.69) is 20.3 Å². The first-order chi connectivity index (χ1) is 13.9. The van der Waals surface area contributed by atoms with Crippen LogP contribution in [0.5, 0.6) is 0 Å². The van der Waals surface area contributed by atoms with Gasteiger partial charge in [0.05, 0.1) is 17.8 Å². The number of hydrogen-bond donors (Lipinski definition) is 3. The number of carbonyl (C=O) groups excluding carboxylic acids is 2. The number of nitrogens with one attached hydrogen (secondary N) is 2. The summed E-state index contributed by atoms with van der Waals surface area (Å²) in [5, 5.41) is 12.8. The Morgan fingerprint density at radius 3 is 2.79 bits per heavy atom. The average Bonchev–Trinajstić information content (AvgIpc) is 3.31. The monoisotopic (exact) mass is 441 g/mol. The normalized spacial score (nSPS) is 19.2. The van der Waals surface area contributed by atoms with Crippen LogP contribution in [0.1, 0.15) is 49.8 Å². The number of thiazole rings is 1. The number of aromatic nitrogens is 3. The first-order valence-corrected chi connectivity index (χ1v) is 10.1. The maximum Gasteiger partial charge on any atom is 0.348 e. The van der Waals surface area contributed by atoms with Crippen LogP contribution in [-0.4, -0.2) is 70.6 Å². The van der Waals surface area contributed by atoms with Gasteiger partial charge in [0.1, 0.15) is 10.6 Å². The molecule has 2 atom stereocenters. The summed E-state index contributed by atoms with van der Waals surface area (Å²) in [6, 6.07) is -0.276. The van der Waals surface area contributed by atoms with Gasteiger partial charge >= 0.3 is 5.97 Å². The van der Waals surface area contributed by atoms with Gasteiger partial charge in [0, 0.05) is 20.2 Å². The number of aromatic amines is 1. The Labute approximate surface area is 175 Å². The van der Waals surface area contributed by atoms with Crippen molar-refractivity contribution in [2.45, 2.75) is 31.9 Å². The predicted molar refractivity (Wildman–Crippen MR) is 106 cm³/mol. The van der Waals surface area contributed by atoms with Gasteiger partial charge in [-0.1, -0.05) is 29.9 Å². The molecule has 3 heterocycles. The van der Waals surface area contributed by atoms with Crippen LogP contribution in [0.2, 0.25) is 5.15 Å². The molecule has 1 amide bonds. The van der Waals surface area contributed by atoms with Gasteiger partial charge in [-0.15, -0.1) is 0 Å². The minimum absolute atomic E-state index is 0.0941. The number of piperidine rings is 1. The molecular weight excluding hydrogens is 422 g/mol. The molecule has 12 heteroatoms. The van der Waals surface area contributed by atoms with Crippen molar-refractivity contribution in [2.75, 3.05) is 25.1 Å². The number of H-pyrrole nitrogens is 1. The highest BCUT2D eigenvalue weighted by atomic mass is 35.5. The summed E-state index contributed by atoms with van der Waals surface area (Å²) >= 11 is 6.94. The molecule has 1 aliphatic rings. The summed E-state index contributed by atoms with van der Waals surface area (Å²) in [5.74, 6) is -1.42. The summed E-state index contributed by atoms with van der Waals surface area (Å²) in [5.41, 5.74) is 0.599. The van der Waals surface area contributed by atoms with Gasteiger partial charge in [-0.25, -0.2) is 14.8 Å². The largest absolute Gasteiger partial charge is 0.477 e. The fourth-order valence-electron chi connectivity index (χ4n) is 3.15. The molecule has 3 rings (SSSR count). The molecule has 2 aromatic rings. The molecule has 10 nitrogen and oxygen atoms in total. The molecule has 1 fully saturated rings. The number of aromatic carboxylic acids is 1. The van der Waals surface area contributed by atoms with E-state index in [9.17, 15) is 19.5 Å². The van der Waals surface area contributed by atoms with E-state index in [0.29, 0.717) is 43.0 Å². The number of ether oxygens (including phenoxy) is 1. The first-order valence-electron chi connectivity index (χ1n) is 8.90. The minimum atomic E-state index is -1.19. The zero-order valence-corrected chi connectivity index (χ0v) is 17.3. The van der Waals surface area contributed by atoms with Gasteiger partial charge in [0.2, 0.25) is 0 Å². The van der Waals surface area contributed by atoms with E-state index in [-0.39, 0.29) is 39.6 Å². The van der Waals surface area contributed by atoms with Crippen LogP contribution >= 0.6 is 22.9 Å². The highest BCUT2D eigenvalue weighted by Crippen LogP contribution is 2.29. The molecule has 156 valence electrons. The van der Waals surface area contributed by atoms with Crippen molar-refractivity contribution < 1.29 is 24.2 Å². The fraction of sp³-hybridized carbons (Fsp3) is 0.471. The van der Waals surface area contributed by atoms with Gasteiger partial charge in [-0.2, -0.15) is 0 Å². The second-order valence-electron chi connectivity index (χ2n) is 6.43. The molecule has 0 spiro atoms. The third kappa shape index (κ3) is 4.41. The number of nitrogens with zero attached hydrogens (tertiary/aromatic N) is 3. The van der Waals surface area contributed by atoms with Crippen molar-refractivity contribution in [3.8, 4) is 0 Å². The van der Waals surface area contributed by atoms with Crippen LogP contribution in [0.25, 0.3) is 0 Å². The Kier molecular flexibility index (Phi) is 6.50. The van der Waals surface area contributed by atoms with Crippen LogP contribution in [0.15, 0.2) is 0 Å². The molecule has 0 saturated carbocycles. The number of hydrogen-bond acceptors (Lipinski definition) is 8. The molecule has 0 unspecified atom stereocenters. The Morgan fingerprint density at radius 1 is 1.48 bits per heavy atom. The van der Waals surface area contributed by atoms with Crippen LogP contribution in [0.3, 0.4) is 0 Å². The lowest BCUT2D eigenvalue weighted by Crippen LogP contribution is -2.55. The molecule has 0 aliphatic carbocycles. The Balaban J connectivity index is 1.70. The highest BCUT2D eigenvalue weighted by molar-refractivity contribution is 7.17. The number of aldehydes is 1. The van der Waals surface area contributed by atoms with Gasteiger partial charge < -0.3 is 25.0 Å². The van der Waals surface area contributed by atoms with E-state index in [0.717, 1.165) is 11.3 Å². The number of amides is 1. The summed E-state index contributed by atoms with van der Waals surface area (Å²) < 4.78 is 5.53. The molecule has 2 aromatic heterocycles. The number of carboxylic acid groups (broad SMARTS) is 1. The van der Waals surface area contributed by atoms with E-state index in [1.807, 2.05) is 11.8 Å². The zero-order valence-electron chi connectivity index (χ0n) is 15.8. The van der Waals surface area contributed by atoms with E-state index < -0.39 is 5.97 Å². The third-order valence-corrected chi connectivity index (χ3v) is 6.13. The highest BCUT2D eigenvalue weighted by Gasteiger charge is 2.33. The third-order valence-electron chi connectivity index (χ3n) is 4.69. The van der Waals surface area contributed by atoms with E-state index in [1.165, 1.54) is 7.11 Å². The Hall–Kier alpha value is -2.50. The lowest BCUT2D eigenvalue weighted by Gasteiger charge is -2.37. The Morgan fingerprint density at radius 2 is 2.24 bits per heavy atom. The van der Waals surface area contributed by atoms with E-state index in [1.54, 1.807) is 0 Å². The summed E-state index contributed by atoms with van der Waals surface area (Å²) in [6.07, 6.45) is 1.24. The lowest BCUT2D eigenvalue weighted by atomic mass is 10.0. The molecule has 3 N–H and O–H groups in total. The SMILES string of the molecule is CCc1[nH]c(C(=O)N[C@H]2CCN(c3nc(C=O)c(C(=O)O)s3)C[C@H]2OC)nc1Cl. The standard InChI is InChI=1S/C17H20ClN5O5S/c1-3-8-13(18)22-14(19-8)15(25)20-9-4-5-23(6-11(9)28-2)17-21-10(7-24)12(29-17)16(26)27/h7,9,11H,3-6H2,1-2H3,(H,19,22)(H,20,25)(H,26,27)/t9-,11+/m0/s1. The molecule has 0 radical (unpaired) electrons. The molecule has 1 aliphatic heterocycles. The van der Waals surface area contributed by atoms with Crippen LogP contribution < -0.4 is 10.2 Å². The molecular formula is C17H20ClN5O5S. The second-order valence-corrected chi connectivity index (χ2v) is 7.77. The van der Waals surface area contributed by atoms with Crippen molar-refractivity contribution in [3.63, 3.8) is 0 Å². The minimum Gasteiger partial charge on any atom is -0.477 e. The topological polar surface area (TPSA) is 138 Å². The smallest absolute Gasteiger partial charge is 0.348 e. The number of halogens is 1. The van der Waals surface area contributed by atoms with E-state index in [4.69, 9.17) is 16.3 Å². The molecule has 1 saturated heterocycles. The molecule has 0 aromatic carbocycles. The lowest BCUT2D eigenvalue weighted by molar-refractivity contribution is 0.0538. The maximum absolute atomic E-state index is 12.5. The quantitative estimate of drug-likeness (QED) is 0.551. The van der Waals surface area contributed by atoms with Crippen molar-refractivity contribution in [1.29, 1.82) is 0 Å². The van der Waals surface area contributed by atoms with Gasteiger partial charge in [0.15, 0.2) is 22.4 Å². The molecule has 0 bridgehead atoms. The van der Waals surface area contributed by atoms with Crippen molar-refractivity contribution >= 4 is 46.2 Å². The number of rotatable bonds is 7. The Bertz CT molecular complexity index is 929. The number of anilines is 1. The first kappa shape index (κ1) is 21.2. The zero-order chi connectivity index (χ0) is 21.1. The number of carboxylic acids is 1. The van der Waals surface area contributed by atoms with Gasteiger partial charge in [-0.3, -0.25) is 9.59 Å². The summed E-state index contributed by atoms with van der Waals surface area (Å²) in [7, 11) is 1.54. The van der Waals surface area contributed by atoms with Crippen molar-refractivity contribution in [2.24, 2.45) is 0 Å². The van der Waals surface area contributed by atoms with E-state index >= 15 is 0 Å². The van der Waals surface area contributed by atoms with Crippen molar-refractivity contribution in [3.05, 3.63) is 27.2 Å². The van der Waals surface area contributed by atoms with Crippen molar-refractivity contribution in [1.82, 2.24) is 20.3 Å². The van der Waals surface area contributed by atoms with Gasteiger partial charge in [-0.05, 0) is 12.8 Å². The van der Waals surface area contributed by atoms with Crippen LogP contribution in [-0.2, 0) is 11.2 Å². The maximum atomic E-state index is 12.5. The number of aryl methyl sites for hydroxylation is 1. The summed E-state index contributed by atoms with van der Waals surface area (Å²) in [6.45, 7) is 2.79. The van der Waals surface area contributed by atoms with Crippen LogP contribution in [0.4, 0.5) is 5.13 Å². The average molecular weight is 442 g/mol. The number of imidazole rings is 1. The number of methoxy groups -OCH3 is 1.